The lowest BCUT2D eigenvalue weighted by atomic mass is 10.0. The Morgan fingerprint density at radius 2 is 2.10 bits per heavy atom. The number of imidazole rings is 1. The second-order valence-corrected chi connectivity index (χ2v) is 4.86. The Morgan fingerprint density at radius 3 is 2.90 bits per heavy atom. The fourth-order valence-corrected chi connectivity index (χ4v) is 2.38. The van der Waals surface area contributed by atoms with Crippen LogP contribution in [0, 0.1) is 0 Å². The van der Waals surface area contributed by atoms with Crippen LogP contribution in [0.3, 0.4) is 0 Å². The van der Waals surface area contributed by atoms with E-state index in [1.807, 2.05) is 43.5 Å². The first-order valence-corrected chi connectivity index (χ1v) is 6.68. The summed E-state index contributed by atoms with van der Waals surface area (Å²) in [6, 6.07) is 11.9. The third-order valence-electron chi connectivity index (χ3n) is 3.53. The molecule has 1 atom stereocenters. The van der Waals surface area contributed by atoms with Crippen LogP contribution in [0.15, 0.2) is 48.8 Å². The predicted molar refractivity (Wildman–Crippen MR) is 79.5 cm³/mol. The quantitative estimate of drug-likeness (QED) is 0.680. The van der Waals surface area contributed by atoms with E-state index in [-0.39, 0.29) is 6.04 Å². The van der Waals surface area contributed by atoms with Gasteiger partial charge in [-0.1, -0.05) is 30.3 Å². The van der Waals surface area contributed by atoms with E-state index in [0.717, 1.165) is 22.2 Å². The van der Waals surface area contributed by atoms with Crippen molar-refractivity contribution in [3.8, 4) is 5.75 Å². The summed E-state index contributed by atoms with van der Waals surface area (Å²) < 4.78 is 0. The number of hydrogen-bond acceptors (Lipinski definition) is 3. The maximum atomic E-state index is 10.1. The van der Waals surface area contributed by atoms with Crippen molar-refractivity contribution < 1.29 is 5.11 Å². The number of fused-ring (bicyclic) bond motifs is 1. The van der Waals surface area contributed by atoms with Gasteiger partial charge in [0.25, 0.3) is 0 Å². The number of phenols is 1. The zero-order chi connectivity index (χ0) is 13.9. The van der Waals surface area contributed by atoms with Crippen molar-refractivity contribution in [3.63, 3.8) is 0 Å². The number of aromatic hydroxyl groups is 1. The summed E-state index contributed by atoms with van der Waals surface area (Å²) in [5, 5.41) is 15.7. The molecule has 0 bridgehead atoms. The van der Waals surface area contributed by atoms with E-state index in [0.29, 0.717) is 12.3 Å². The van der Waals surface area contributed by atoms with E-state index in [2.05, 4.69) is 15.3 Å². The maximum absolute atomic E-state index is 10.1. The topological polar surface area (TPSA) is 60.9 Å². The van der Waals surface area contributed by atoms with Gasteiger partial charge in [-0.2, -0.15) is 0 Å². The van der Waals surface area contributed by atoms with Gasteiger partial charge in [0, 0.05) is 24.5 Å². The average Bonchev–Trinajstić information content (AvgIpc) is 3.00. The lowest BCUT2D eigenvalue weighted by Gasteiger charge is -2.14. The van der Waals surface area contributed by atoms with Crippen LogP contribution in [0.1, 0.15) is 24.4 Å². The second kappa shape index (κ2) is 5.35. The smallest absolute Gasteiger partial charge is 0.122 e. The standard InChI is InChI=1S/C16H17N3O/c1-11(16-17-8-9-18-16)19-10-14-13-5-3-2-4-12(13)6-7-15(14)20/h2-9,11,19-20H,10H2,1H3,(H,17,18). The number of H-pyrrole nitrogens is 1. The molecule has 3 rings (SSSR count). The first-order valence-electron chi connectivity index (χ1n) is 6.68. The molecule has 0 saturated carbocycles. The van der Waals surface area contributed by atoms with Gasteiger partial charge in [-0.3, -0.25) is 0 Å². The van der Waals surface area contributed by atoms with Gasteiger partial charge in [0.05, 0.1) is 6.04 Å². The molecule has 0 fully saturated rings. The Kier molecular flexibility index (Phi) is 3.39. The Hall–Kier alpha value is -2.33. The summed E-state index contributed by atoms with van der Waals surface area (Å²) in [4.78, 5) is 7.32. The molecular formula is C16H17N3O. The molecule has 3 N–H and O–H groups in total. The fourth-order valence-electron chi connectivity index (χ4n) is 2.38. The van der Waals surface area contributed by atoms with Gasteiger partial charge in [0.1, 0.15) is 11.6 Å². The zero-order valence-corrected chi connectivity index (χ0v) is 11.3. The molecule has 4 nitrogen and oxygen atoms in total. The Morgan fingerprint density at radius 1 is 1.25 bits per heavy atom. The van der Waals surface area contributed by atoms with Crippen LogP contribution < -0.4 is 5.32 Å². The van der Waals surface area contributed by atoms with Crippen molar-refractivity contribution in [2.75, 3.05) is 0 Å². The van der Waals surface area contributed by atoms with Crippen molar-refractivity contribution in [1.82, 2.24) is 15.3 Å². The van der Waals surface area contributed by atoms with Gasteiger partial charge in [-0.25, -0.2) is 4.98 Å². The number of benzene rings is 2. The third-order valence-corrected chi connectivity index (χ3v) is 3.53. The van der Waals surface area contributed by atoms with Crippen LogP contribution in [0.25, 0.3) is 10.8 Å². The van der Waals surface area contributed by atoms with Gasteiger partial charge >= 0.3 is 0 Å². The molecule has 0 aliphatic carbocycles. The first kappa shape index (κ1) is 12.7. The molecule has 20 heavy (non-hydrogen) atoms. The summed E-state index contributed by atoms with van der Waals surface area (Å²) in [6.45, 7) is 2.63. The molecule has 0 aliphatic rings. The summed E-state index contributed by atoms with van der Waals surface area (Å²) in [7, 11) is 0. The second-order valence-electron chi connectivity index (χ2n) is 4.86. The fraction of sp³-hybridized carbons (Fsp3) is 0.188. The molecule has 2 aromatic carbocycles. The minimum absolute atomic E-state index is 0.100. The maximum Gasteiger partial charge on any atom is 0.122 e. The van der Waals surface area contributed by atoms with Crippen LogP contribution >= 0.6 is 0 Å². The molecule has 3 aromatic rings. The SMILES string of the molecule is CC(NCc1c(O)ccc2ccccc12)c1ncc[nH]1. The molecule has 1 aromatic heterocycles. The van der Waals surface area contributed by atoms with Crippen molar-refractivity contribution in [2.45, 2.75) is 19.5 Å². The van der Waals surface area contributed by atoms with E-state index in [4.69, 9.17) is 0 Å². The molecule has 1 unspecified atom stereocenters. The largest absolute Gasteiger partial charge is 0.508 e. The lowest BCUT2D eigenvalue weighted by molar-refractivity contribution is 0.460. The number of aromatic nitrogens is 2. The van der Waals surface area contributed by atoms with Crippen molar-refractivity contribution in [1.29, 1.82) is 0 Å². The van der Waals surface area contributed by atoms with Crippen molar-refractivity contribution in [3.05, 3.63) is 60.2 Å². The van der Waals surface area contributed by atoms with Gasteiger partial charge < -0.3 is 15.4 Å². The van der Waals surface area contributed by atoms with E-state index < -0.39 is 0 Å². The summed E-state index contributed by atoms with van der Waals surface area (Å²) in [5.41, 5.74) is 0.918. The number of phenolic OH excluding ortho intramolecular Hbond substituents is 1. The molecular weight excluding hydrogens is 250 g/mol. The van der Waals surface area contributed by atoms with Gasteiger partial charge in [0.15, 0.2) is 0 Å². The zero-order valence-electron chi connectivity index (χ0n) is 11.3. The first-order chi connectivity index (χ1) is 9.75. The predicted octanol–water partition coefficient (Wildman–Crippen LogP) is 3.12. The Labute approximate surface area is 117 Å². The highest BCUT2D eigenvalue weighted by molar-refractivity contribution is 5.87. The van der Waals surface area contributed by atoms with Gasteiger partial charge in [0.2, 0.25) is 0 Å². The van der Waals surface area contributed by atoms with Gasteiger partial charge in [-0.15, -0.1) is 0 Å². The highest BCUT2D eigenvalue weighted by Gasteiger charge is 2.10. The van der Waals surface area contributed by atoms with Crippen molar-refractivity contribution in [2.24, 2.45) is 0 Å². The molecule has 0 radical (unpaired) electrons. The van der Waals surface area contributed by atoms with Crippen LogP contribution in [-0.2, 0) is 6.54 Å². The van der Waals surface area contributed by atoms with E-state index in [9.17, 15) is 5.11 Å². The van der Waals surface area contributed by atoms with Crippen LogP contribution in [0.2, 0.25) is 0 Å². The highest BCUT2D eigenvalue weighted by Crippen LogP contribution is 2.27. The number of nitrogens with one attached hydrogen (secondary N) is 2. The average molecular weight is 267 g/mol. The minimum atomic E-state index is 0.100. The minimum Gasteiger partial charge on any atom is -0.508 e. The molecule has 1 heterocycles. The Balaban J connectivity index is 1.85. The molecule has 102 valence electrons. The van der Waals surface area contributed by atoms with Crippen LogP contribution in [0.4, 0.5) is 0 Å². The molecule has 0 saturated heterocycles. The highest BCUT2D eigenvalue weighted by atomic mass is 16.3. The number of hydrogen-bond donors (Lipinski definition) is 3. The van der Waals surface area contributed by atoms with E-state index >= 15 is 0 Å². The molecule has 0 aliphatic heterocycles. The van der Waals surface area contributed by atoms with Crippen molar-refractivity contribution >= 4 is 10.8 Å². The number of rotatable bonds is 4. The molecule has 0 amide bonds. The molecule has 4 heteroatoms. The van der Waals surface area contributed by atoms with Crippen LogP contribution in [-0.4, -0.2) is 15.1 Å². The lowest BCUT2D eigenvalue weighted by Crippen LogP contribution is -2.19. The summed E-state index contributed by atoms with van der Waals surface area (Å²) in [6.07, 6.45) is 3.55. The molecule has 0 spiro atoms. The summed E-state index contributed by atoms with van der Waals surface area (Å²) >= 11 is 0. The van der Waals surface area contributed by atoms with E-state index in [1.165, 1.54) is 0 Å². The number of aromatic amines is 1. The Bertz CT molecular complexity index is 707. The normalized spacial score (nSPS) is 12.7. The number of nitrogens with zero attached hydrogens (tertiary/aromatic N) is 1. The van der Waals surface area contributed by atoms with E-state index in [1.54, 1.807) is 12.3 Å². The monoisotopic (exact) mass is 267 g/mol. The summed E-state index contributed by atoms with van der Waals surface area (Å²) in [5.74, 6) is 1.22. The third kappa shape index (κ3) is 2.38. The van der Waals surface area contributed by atoms with Crippen LogP contribution in [0.5, 0.6) is 5.75 Å². The van der Waals surface area contributed by atoms with Gasteiger partial charge in [-0.05, 0) is 23.8 Å².